The Hall–Kier alpha value is -2.63. The first-order valence-corrected chi connectivity index (χ1v) is 8.06. The van der Waals surface area contributed by atoms with Crippen LogP contribution in [0.25, 0.3) is 0 Å². The molecule has 0 saturated heterocycles. The topological polar surface area (TPSA) is 73.2 Å². The third kappa shape index (κ3) is 4.01. The molecule has 1 amide bonds. The van der Waals surface area contributed by atoms with Gasteiger partial charge in [0.2, 0.25) is 5.91 Å². The van der Waals surface area contributed by atoms with Gasteiger partial charge in [-0.3, -0.25) is 9.36 Å². The number of carbonyl (C=O) groups is 1. The quantitative estimate of drug-likeness (QED) is 0.884. The van der Waals surface area contributed by atoms with Crippen LogP contribution in [0.4, 0.5) is 5.69 Å². The first-order valence-electron chi connectivity index (χ1n) is 8.06. The third-order valence-electron chi connectivity index (χ3n) is 3.71. The summed E-state index contributed by atoms with van der Waals surface area (Å²) in [5.41, 5.74) is 1.63. The summed E-state index contributed by atoms with van der Waals surface area (Å²) in [6.07, 6.45) is 0.494. The third-order valence-corrected chi connectivity index (χ3v) is 3.71. The zero-order valence-corrected chi connectivity index (χ0v) is 14.5. The lowest BCUT2D eigenvalue weighted by atomic mass is 10.1. The molecule has 1 aromatic carbocycles. The fourth-order valence-electron chi connectivity index (χ4n) is 2.65. The summed E-state index contributed by atoms with van der Waals surface area (Å²) in [6.45, 7) is 7.94. The van der Waals surface area contributed by atoms with Crippen LogP contribution >= 0.6 is 0 Å². The van der Waals surface area contributed by atoms with Gasteiger partial charge >= 0.3 is 5.69 Å². The first-order chi connectivity index (χ1) is 11.5. The molecule has 2 aromatic rings. The molecule has 0 aliphatic carbocycles. The fraction of sp³-hybridized carbons (Fsp3) is 0.389. The molecule has 0 aliphatic rings. The Morgan fingerprint density at radius 2 is 1.92 bits per heavy atom. The maximum absolute atomic E-state index is 12.6. The number of hydrogen-bond donors (Lipinski definition) is 1. The molecular weight excluding hydrogens is 306 g/mol. The average Bonchev–Trinajstić information content (AvgIpc) is 2.52. The van der Waals surface area contributed by atoms with Crippen LogP contribution in [0.1, 0.15) is 37.7 Å². The second-order valence-corrected chi connectivity index (χ2v) is 5.56. The van der Waals surface area contributed by atoms with Gasteiger partial charge in [-0.15, -0.1) is 0 Å². The van der Waals surface area contributed by atoms with Crippen molar-refractivity contribution in [3.05, 3.63) is 52.2 Å². The van der Waals surface area contributed by atoms with Crippen molar-refractivity contribution in [3.8, 4) is 5.75 Å². The van der Waals surface area contributed by atoms with Gasteiger partial charge in [0.15, 0.2) is 0 Å². The van der Waals surface area contributed by atoms with Crippen molar-refractivity contribution in [3.63, 3.8) is 0 Å². The molecule has 0 unspecified atom stereocenters. The van der Waals surface area contributed by atoms with Gasteiger partial charge in [-0.25, -0.2) is 4.79 Å². The summed E-state index contributed by atoms with van der Waals surface area (Å²) in [5.74, 6) is 0.509. The molecule has 6 nitrogen and oxygen atoms in total. The van der Waals surface area contributed by atoms with Crippen LogP contribution in [0.2, 0.25) is 0 Å². The SMILES string of the molecule is CCOc1ccc(NC(=O)[C@H](CC)n2c(C)cc(C)nc2=O)cc1. The van der Waals surface area contributed by atoms with E-state index in [1.165, 1.54) is 4.57 Å². The van der Waals surface area contributed by atoms with E-state index in [1.807, 2.05) is 20.8 Å². The monoisotopic (exact) mass is 329 g/mol. The van der Waals surface area contributed by atoms with Gasteiger partial charge in [0.05, 0.1) is 6.61 Å². The Morgan fingerprint density at radius 1 is 1.25 bits per heavy atom. The van der Waals surface area contributed by atoms with Crippen LogP contribution in [-0.2, 0) is 4.79 Å². The largest absolute Gasteiger partial charge is 0.494 e. The number of aryl methyl sites for hydroxylation is 2. The molecule has 1 atom stereocenters. The van der Waals surface area contributed by atoms with E-state index in [1.54, 1.807) is 37.3 Å². The molecule has 0 bridgehead atoms. The second kappa shape index (κ2) is 7.77. The minimum absolute atomic E-state index is 0.238. The molecule has 24 heavy (non-hydrogen) atoms. The Bertz CT molecular complexity index is 766. The van der Waals surface area contributed by atoms with Crippen molar-refractivity contribution < 1.29 is 9.53 Å². The van der Waals surface area contributed by atoms with E-state index < -0.39 is 11.7 Å². The number of anilines is 1. The van der Waals surface area contributed by atoms with Gasteiger partial charge in [-0.2, -0.15) is 4.98 Å². The Morgan fingerprint density at radius 3 is 2.46 bits per heavy atom. The molecule has 0 aliphatic heterocycles. The van der Waals surface area contributed by atoms with E-state index in [9.17, 15) is 9.59 Å². The number of nitrogens with zero attached hydrogens (tertiary/aromatic N) is 2. The van der Waals surface area contributed by atoms with Crippen LogP contribution in [0, 0.1) is 13.8 Å². The fourth-order valence-corrected chi connectivity index (χ4v) is 2.65. The van der Waals surface area contributed by atoms with Gasteiger partial charge in [0.25, 0.3) is 0 Å². The molecule has 0 radical (unpaired) electrons. The summed E-state index contributed by atoms with van der Waals surface area (Å²) in [6, 6.07) is 8.35. The molecule has 0 fully saturated rings. The maximum atomic E-state index is 12.6. The number of ether oxygens (including phenoxy) is 1. The van der Waals surface area contributed by atoms with Crippen molar-refractivity contribution in [2.75, 3.05) is 11.9 Å². The Balaban J connectivity index is 2.22. The lowest BCUT2D eigenvalue weighted by Crippen LogP contribution is -2.36. The van der Waals surface area contributed by atoms with Gasteiger partial charge in [0.1, 0.15) is 11.8 Å². The molecule has 1 aromatic heterocycles. The van der Waals surface area contributed by atoms with E-state index in [0.29, 0.717) is 24.4 Å². The summed E-state index contributed by atoms with van der Waals surface area (Å²) < 4.78 is 6.82. The predicted molar refractivity (Wildman–Crippen MR) is 93.5 cm³/mol. The lowest BCUT2D eigenvalue weighted by Gasteiger charge is -2.20. The highest BCUT2D eigenvalue weighted by molar-refractivity contribution is 5.93. The van der Waals surface area contributed by atoms with E-state index in [4.69, 9.17) is 4.74 Å². The molecule has 6 heteroatoms. The zero-order valence-electron chi connectivity index (χ0n) is 14.5. The van der Waals surface area contributed by atoms with Gasteiger partial charge in [-0.05, 0) is 57.5 Å². The number of nitrogens with one attached hydrogen (secondary N) is 1. The molecule has 0 saturated carbocycles. The smallest absolute Gasteiger partial charge is 0.348 e. The number of rotatable bonds is 6. The van der Waals surface area contributed by atoms with Crippen molar-refractivity contribution in [2.24, 2.45) is 0 Å². The van der Waals surface area contributed by atoms with E-state index in [0.717, 1.165) is 11.4 Å². The molecule has 0 spiro atoms. The van der Waals surface area contributed by atoms with Crippen molar-refractivity contribution in [2.45, 2.75) is 40.2 Å². The Labute approximate surface area is 141 Å². The van der Waals surface area contributed by atoms with Gasteiger partial charge in [0, 0.05) is 17.1 Å². The highest BCUT2D eigenvalue weighted by Gasteiger charge is 2.22. The summed E-state index contributed by atoms with van der Waals surface area (Å²) in [5, 5.41) is 2.85. The van der Waals surface area contributed by atoms with Crippen LogP contribution in [0.15, 0.2) is 35.1 Å². The minimum Gasteiger partial charge on any atom is -0.494 e. The van der Waals surface area contributed by atoms with Crippen LogP contribution in [-0.4, -0.2) is 22.1 Å². The molecule has 128 valence electrons. The van der Waals surface area contributed by atoms with E-state index in [2.05, 4.69) is 10.3 Å². The molecule has 2 rings (SSSR count). The first kappa shape index (κ1) is 17.7. The highest BCUT2D eigenvalue weighted by Crippen LogP contribution is 2.19. The molecule has 1 heterocycles. The normalized spacial score (nSPS) is 11.8. The average molecular weight is 329 g/mol. The number of amides is 1. The molecule has 1 N–H and O–H groups in total. The van der Waals surface area contributed by atoms with Crippen LogP contribution in [0.3, 0.4) is 0 Å². The van der Waals surface area contributed by atoms with Crippen molar-refractivity contribution >= 4 is 11.6 Å². The maximum Gasteiger partial charge on any atom is 0.348 e. The predicted octanol–water partition coefficient (Wildman–Crippen LogP) is 2.85. The number of hydrogen-bond acceptors (Lipinski definition) is 4. The zero-order chi connectivity index (χ0) is 17.7. The van der Waals surface area contributed by atoms with Crippen molar-refractivity contribution in [1.29, 1.82) is 0 Å². The van der Waals surface area contributed by atoms with Crippen LogP contribution < -0.4 is 15.7 Å². The van der Waals surface area contributed by atoms with E-state index >= 15 is 0 Å². The molecular formula is C18H23N3O3. The van der Waals surface area contributed by atoms with Crippen LogP contribution in [0.5, 0.6) is 5.75 Å². The highest BCUT2D eigenvalue weighted by atomic mass is 16.5. The minimum atomic E-state index is -0.600. The lowest BCUT2D eigenvalue weighted by molar-refractivity contribution is -0.119. The second-order valence-electron chi connectivity index (χ2n) is 5.56. The van der Waals surface area contributed by atoms with Gasteiger partial charge < -0.3 is 10.1 Å². The summed E-state index contributed by atoms with van der Waals surface area (Å²) >= 11 is 0. The van der Waals surface area contributed by atoms with Crippen molar-refractivity contribution in [1.82, 2.24) is 9.55 Å². The number of carbonyl (C=O) groups excluding carboxylic acids is 1. The number of benzene rings is 1. The standard InChI is InChI=1S/C18H23N3O3/c1-5-16(21-13(4)11-12(3)19-18(21)23)17(22)20-14-7-9-15(10-8-14)24-6-2/h7-11,16H,5-6H2,1-4H3,(H,20,22)/t16-/m0/s1. The summed E-state index contributed by atoms with van der Waals surface area (Å²) in [4.78, 5) is 28.7. The Kier molecular flexibility index (Phi) is 5.73. The van der Waals surface area contributed by atoms with E-state index in [-0.39, 0.29) is 5.91 Å². The van der Waals surface area contributed by atoms with Gasteiger partial charge in [-0.1, -0.05) is 6.92 Å². The number of aromatic nitrogens is 2. The summed E-state index contributed by atoms with van der Waals surface area (Å²) in [7, 11) is 0.